The van der Waals surface area contributed by atoms with Gasteiger partial charge in [0, 0.05) is 33.5 Å². The van der Waals surface area contributed by atoms with Gasteiger partial charge in [-0.1, -0.05) is 91.0 Å². The van der Waals surface area contributed by atoms with Gasteiger partial charge >= 0.3 is 6.09 Å². The lowest BCUT2D eigenvalue weighted by Gasteiger charge is -2.39. The van der Waals surface area contributed by atoms with Gasteiger partial charge in [0.05, 0.1) is 43.7 Å². The molecule has 1 unspecified atom stereocenters. The third-order valence-electron chi connectivity index (χ3n) is 10.4. The Kier molecular flexibility index (Phi) is 12.7. The summed E-state index contributed by atoms with van der Waals surface area (Å²) in [6, 6.07) is 38.3. The minimum Gasteiger partial charge on any atom is -0.496 e. The molecule has 0 radical (unpaired) electrons. The number of carbonyl (C=O) groups excluding carboxylic acids is 1. The number of hydrogen-bond donors (Lipinski definition) is 2. The monoisotopic (exact) mass is 776 g/mol. The van der Waals surface area contributed by atoms with Crippen LogP contribution in [0.3, 0.4) is 0 Å². The minimum absolute atomic E-state index is 0.0312. The molecule has 1 atom stereocenters. The third kappa shape index (κ3) is 9.09. The molecular weight excluding hydrogens is 725 g/mol. The number of fused-ring (bicyclic) bond motifs is 2. The SMILES string of the molecule is C=CCOC(CCc1ccccc1)C1=CC(C)(C)Nc2ccc(-c3ccccc3OC)cc21.COc1ccccc1-c1ccc2c(c1)C(C=O)=CC(C)(C)N2C(=O)O. The van der Waals surface area contributed by atoms with E-state index >= 15 is 0 Å². The molecule has 0 spiro atoms. The second-order valence-electron chi connectivity index (χ2n) is 15.5. The first-order chi connectivity index (χ1) is 27.9. The summed E-state index contributed by atoms with van der Waals surface area (Å²) in [5, 5.41) is 13.3. The smallest absolute Gasteiger partial charge is 0.412 e. The first kappa shape index (κ1) is 41.3. The summed E-state index contributed by atoms with van der Waals surface area (Å²) in [4.78, 5) is 24.6. The maximum atomic E-state index is 11.8. The van der Waals surface area contributed by atoms with E-state index in [2.05, 4.69) is 86.4 Å². The molecule has 298 valence electrons. The standard InChI is InChI=1S/C30H33NO2.C20H19NO4/c1-5-19-33-29(18-15-22-11-7-6-8-12-22)26-21-30(2,3)31-27-17-16-23(20-25(26)27)24-13-9-10-14-28(24)32-4;1-20(2)11-14(12-22)16-10-13(8-9-17(16)21(20)19(23)24)15-6-4-5-7-18(15)25-3/h5-14,16-17,20-21,29,31H,1,15,18-19H2,2-4H3;4-12H,1-3H3,(H,23,24). The highest BCUT2D eigenvalue weighted by atomic mass is 16.5. The van der Waals surface area contributed by atoms with Gasteiger partial charge in [-0.25, -0.2) is 4.79 Å². The van der Waals surface area contributed by atoms with Crippen LogP contribution >= 0.6 is 0 Å². The number of rotatable bonds is 12. The van der Waals surface area contributed by atoms with Crippen molar-refractivity contribution in [3.63, 3.8) is 0 Å². The normalized spacial score (nSPS) is 15.1. The average Bonchev–Trinajstić information content (AvgIpc) is 3.22. The van der Waals surface area contributed by atoms with Gasteiger partial charge in [-0.15, -0.1) is 6.58 Å². The number of nitrogens with one attached hydrogen (secondary N) is 1. The molecule has 0 fully saturated rings. The summed E-state index contributed by atoms with van der Waals surface area (Å²) >= 11 is 0. The molecule has 8 nitrogen and oxygen atoms in total. The molecule has 2 aliphatic rings. The highest BCUT2D eigenvalue weighted by molar-refractivity contribution is 6.13. The van der Waals surface area contributed by atoms with E-state index < -0.39 is 11.6 Å². The molecule has 0 saturated carbocycles. The lowest BCUT2D eigenvalue weighted by Crippen LogP contribution is -2.48. The van der Waals surface area contributed by atoms with Crippen molar-refractivity contribution in [2.24, 2.45) is 0 Å². The fourth-order valence-electron chi connectivity index (χ4n) is 7.81. The predicted octanol–water partition coefficient (Wildman–Crippen LogP) is 11.4. The Morgan fingerprint density at radius 2 is 1.36 bits per heavy atom. The number of hydrogen-bond acceptors (Lipinski definition) is 6. The lowest BCUT2D eigenvalue weighted by molar-refractivity contribution is -0.103. The lowest BCUT2D eigenvalue weighted by atomic mass is 9.84. The summed E-state index contributed by atoms with van der Waals surface area (Å²) in [5.74, 6) is 1.58. The van der Waals surface area contributed by atoms with E-state index in [9.17, 15) is 14.7 Å². The van der Waals surface area contributed by atoms with Crippen LogP contribution in [0.15, 0.2) is 140 Å². The number of carboxylic acid groups (broad SMARTS) is 1. The zero-order chi connectivity index (χ0) is 41.5. The molecule has 5 aromatic carbocycles. The van der Waals surface area contributed by atoms with Crippen molar-refractivity contribution in [2.45, 2.75) is 57.7 Å². The van der Waals surface area contributed by atoms with Crippen LogP contribution in [0.5, 0.6) is 11.5 Å². The number of amides is 1. The topological polar surface area (TPSA) is 97.3 Å². The number of anilines is 2. The number of aldehydes is 1. The van der Waals surface area contributed by atoms with E-state index in [1.807, 2.05) is 60.7 Å². The van der Waals surface area contributed by atoms with Crippen molar-refractivity contribution in [1.29, 1.82) is 0 Å². The molecule has 0 bridgehead atoms. The fraction of sp³-hybridized carbons (Fsp3) is 0.240. The molecule has 0 aromatic heterocycles. The van der Waals surface area contributed by atoms with Crippen LogP contribution in [-0.2, 0) is 16.0 Å². The van der Waals surface area contributed by atoms with Gasteiger partial charge in [0.15, 0.2) is 0 Å². The fourth-order valence-corrected chi connectivity index (χ4v) is 7.81. The summed E-state index contributed by atoms with van der Waals surface area (Å²) in [6.07, 6.45) is 7.37. The maximum absolute atomic E-state index is 11.8. The number of methoxy groups -OCH3 is 2. The van der Waals surface area contributed by atoms with Crippen LogP contribution in [0.2, 0.25) is 0 Å². The highest BCUT2D eigenvalue weighted by Gasteiger charge is 2.37. The van der Waals surface area contributed by atoms with Crippen molar-refractivity contribution in [3.05, 3.63) is 157 Å². The largest absolute Gasteiger partial charge is 0.496 e. The first-order valence-electron chi connectivity index (χ1n) is 19.4. The number of ether oxygens (including phenoxy) is 3. The molecule has 58 heavy (non-hydrogen) atoms. The number of aryl methyl sites for hydroxylation is 1. The van der Waals surface area contributed by atoms with E-state index in [-0.39, 0.29) is 11.6 Å². The van der Waals surface area contributed by atoms with Crippen LogP contribution in [-0.4, -0.2) is 55.5 Å². The third-order valence-corrected chi connectivity index (χ3v) is 10.4. The first-order valence-corrected chi connectivity index (χ1v) is 19.4. The van der Waals surface area contributed by atoms with Crippen LogP contribution in [0, 0.1) is 0 Å². The molecule has 8 heteroatoms. The molecule has 2 N–H and O–H groups in total. The number of para-hydroxylation sites is 2. The Balaban J connectivity index is 0.000000203. The summed E-state index contributed by atoms with van der Waals surface area (Å²) in [7, 11) is 3.32. The quantitative estimate of drug-likeness (QED) is 0.0962. The summed E-state index contributed by atoms with van der Waals surface area (Å²) in [6.45, 7) is 12.3. The molecule has 2 aliphatic heterocycles. The van der Waals surface area contributed by atoms with Crippen molar-refractivity contribution in [1.82, 2.24) is 0 Å². The highest BCUT2D eigenvalue weighted by Crippen LogP contribution is 2.43. The molecular formula is C50H52N2O6. The van der Waals surface area contributed by atoms with Gasteiger partial charge in [0.1, 0.15) is 17.8 Å². The van der Waals surface area contributed by atoms with Gasteiger partial charge in [-0.2, -0.15) is 0 Å². The summed E-state index contributed by atoms with van der Waals surface area (Å²) in [5.41, 5.74) is 9.41. The molecule has 0 aliphatic carbocycles. The van der Waals surface area contributed by atoms with Crippen LogP contribution in [0.1, 0.15) is 50.8 Å². The van der Waals surface area contributed by atoms with Gasteiger partial charge in [0.2, 0.25) is 0 Å². The molecule has 1 amide bonds. The molecule has 5 aromatic rings. The van der Waals surface area contributed by atoms with Gasteiger partial charge in [0.25, 0.3) is 0 Å². The Morgan fingerprint density at radius 3 is 1.95 bits per heavy atom. The molecule has 0 saturated heterocycles. The number of nitrogens with zero attached hydrogens (tertiary/aromatic N) is 1. The van der Waals surface area contributed by atoms with E-state index in [4.69, 9.17) is 14.2 Å². The second-order valence-corrected chi connectivity index (χ2v) is 15.5. The van der Waals surface area contributed by atoms with Crippen molar-refractivity contribution >= 4 is 34.9 Å². The zero-order valence-corrected chi connectivity index (χ0v) is 34.1. The Bertz CT molecular complexity index is 2340. The molecule has 2 heterocycles. The molecule has 7 rings (SSSR count). The van der Waals surface area contributed by atoms with Crippen molar-refractivity contribution < 1.29 is 28.9 Å². The van der Waals surface area contributed by atoms with Crippen molar-refractivity contribution in [3.8, 4) is 33.8 Å². The number of benzene rings is 5. The zero-order valence-electron chi connectivity index (χ0n) is 34.1. The average molecular weight is 777 g/mol. The van der Waals surface area contributed by atoms with Gasteiger partial charge < -0.3 is 24.6 Å². The Hall–Kier alpha value is -6.38. The number of allylic oxidation sites excluding steroid dienone is 1. The van der Waals surface area contributed by atoms with Crippen LogP contribution < -0.4 is 19.7 Å². The second kappa shape index (κ2) is 17.8. The maximum Gasteiger partial charge on any atom is 0.412 e. The predicted molar refractivity (Wildman–Crippen MR) is 236 cm³/mol. The number of carbonyl (C=O) groups is 2. The van der Waals surface area contributed by atoms with Gasteiger partial charge in [-0.3, -0.25) is 9.69 Å². The Labute approximate surface area is 342 Å². The van der Waals surface area contributed by atoms with E-state index in [1.54, 1.807) is 40.2 Å². The summed E-state index contributed by atoms with van der Waals surface area (Å²) < 4.78 is 17.4. The van der Waals surface area contributed by atoms with E-state index in [0.717, 1.165) is 52.8 Å². The minimum atomic E-state index is -1.06. The van der Waals surface area contributed by atoms with E-state index in [0.29, 0.717) is 29.2 Å². The van der Waals surface area contributed by atoms with Gasteiger partial charge in [-0.05, 0) is 105 Å². The van der Waals surface area contributed by atoms with Crippen LogP contribution in [0.4, 0.5) is 16.2 Å². The van der Waals surface area contributed by atoms with Crippen LogP contribution in [0.25, 0.3) is 33.4 Å². The van der Waals surface area contributed by atoms with Crippen molar-refractivity contribution in [2.75, 3.05) is 31.0 Å². The van der Waals surface area contributed by atoms with E-state index in [1.165, 1.54) is 21.6 Å². The Morgan fingerprint density at radius 1 is 0.776 bits per heavy atom.